The highest BCUT2D eigenvalue weighted by atomic mass is 31.3. The SMILES string of the molecule is CCCCC/C=C\C/C=C\C/C=C\C=C\[C@@H](O)CCCC(=O)OC[C@H](COP(=O)(O)OP(=O)(O)OC[C@H]1O[C@@H](n2ccc(N)nc2=O)[C@H](O)[C@@H]1O)OC(=O)CCCCCCCCC(C)CC. The standard InChI is InChI=1S/C45H75N3O16P2/c1-4-6-7-8-9-10-11-12-13-14-15-19-22-26-36(49)27-24-29-40(50)59-32-37(62-41(51)28-23-20-17-16-18-21-25-35(3)5-2)33-60-65(55,56)64-66(57,58)61-34-38-42(52)43(53)44(63-38)48-31-30-39(46)47-45(48)54/h9-10,12-13,15,19,22,26,30-31,35-38,42-44,49,52-53H,4-8,11,14,16-18,20-21,23-25,27-29,32-34H2,1-3H3,(H,55,56)(H,57,58)(H2,46,47,54)/b10-9-,13-12-,19-15-,26-22+/t35?,36-,37-,38-,42-,43-,44-/m1/s1. The van der Waals surface area contributed by atoms with Gasteiger partial charge < -0.3 is 45.1 Å². The zero-order valence-corrected chi connectivity index (χ0v) is 40.5. The van der Waals surface area contributed by atoms with E-state index in [4.69, 9.17) is 29.0 Å². The topological polar surface area (TPSA) is 286 Å². The minimum atomic E-state index is -5.45. The van der Waals surface area contributed by atoms with Gasteiger partial charge in [0.25, 0.3) is 0 Å². The molecule has 1 aliphatic rings. The van der Waals surface area contributed by atoms with Crippen molar-refractivity contribution in [3.05, 3.63) is 71.4 Å². The van der Waals surface area contributed by atoms with E-state index >= 15 is 0 Å². The Morgan fingerprint density at radius 1 is 0.848 bits per heavy atom. The number of aliphatic hydroxyl groups is 3. The van der Waals surface area contributed by atoms with Crippen LogP contribution in [0.3, 0.4) is 0 Å². The van der Waals surface area contributed by atoms with E-state index in [2.05, 4.69) is 54.4 Å². The fraction of sp³-hybridized carbons (Fsp3) is 0.689. The molecule has 0 aromatic carbocycles. The van der Waals surface area contributed by atoms with Crippen molar-refractivity contribution < 1.29 is 71.4 Å². The molecule has 66 heavy (non-hydrogen) atoms. The molecular weight excluding hydrogens is 900 g/mol. The molecule has 0 spiro atoms. The lowest BCUT2D eigenvalue weighted by Gasteiger charge is -2.21. The normalized spacial score (nSPS) is 21.1. The number of aromatic nitrogens is 2. The van der Waals surface area contributed by atoms with Crippen molar-refractivity contribution in [1.82, 2.24) is 9.55 Å². The molecule has 0 radical (unpaired) electrons. The first kappa shape index (κ1) is 58.8. The van der Waals surface area contributed by atoms with E-state index in [1.165, 1.54) is 31.7 Å². The average molecular weight is 976 g/mol. The third kappa shape index (κ3) is 26.3. The van der Waals surface area contributed by atoms with Gasteiger partial charge in [-0.05, 0) is 56.9 Å². The van der Waals surface area contributed by atoms with Crippen molar-refractivity contribution in [2.45, 2.75) is 173 Å². The van der Waals surface area contributed by atoms with Gasteiger partial charge >= 0.3 is 33.3 Å². The Bertz CT molecular complexity index is 1820. The third-order valence-electron chi connectivity index (χ3n) is 10.6. The Labute approximate surface area is 389 Å². The van der Waals surface area contributed by atoms with Gasteiger partial charge in [0.1, 0.15) is 30.7 Å². The molecule has 0 saturated carbocycles. The first-order valence-electron chi connectivity index (χ1n) is 23.2. The molecule has 1 fully saturated rings. The number of hydrogen-bond acceptors (Lipinski definition) is 16. The minimum Gasteiger partial charge on any atom is -0.462 e. The maximum Gasteiger partial charge on any atom is 0.481 e. The number of anilines is 1. The summed E-state index contributed by atoms with van der Waals surface area (Å²) in [7, 11) is -10.9. The Balaban J connectivity index is 1.88. The fourth-order valence-corrected chi connectivity index (χ4v) is 8.62. The van der Waals surface area contributed by atoms with E-state index in [0.717, 1.165) is 68.6 Å². The summed E-state index contributed by atoms with van der Waals surface area (Å²) in [6, 6.07) is 1.23. The number of carbonyl (C=O) groups is 2. The number of nitrogens with zero attached hydrogens (tertiary/aromatic N) is 2. The van der Waals surface area contributed by atoms with E-state index in [9.17, 15) is 48.6 Å². The number of aliphatic hydroxyl groups excluding tert-OH is 3. The summed E-state index contributed by atoms with van der Waals surface area (Å²) in [5.74, 6) is -0.821. The molecule has 2 heterocycles. The van der Waals surface area contributed by atoms with Crippen molar-refractivity contribution in [2.24, 2.45) is 5.92 Å². The largest absolute Gasteiger partial charge is 0.481 e. The number of esters is 2. The van der Waals surface area contributed by atoms with E-state index in [-0.39, 0.29) is 31.5 Å². The van der Waals surface area contributed by atoms with Crippen LogP contribution in [0.1, 0.15) is 143 Å². The second kappa shape index (κ2) is 33.2. The Morgan fingerprint density at radius 2 is 1.52 bits per heavy atom. The van der Waals surface area contributed by atoms with Crippen LogP contribution in [0.15, 0.2) is 65.7 Å². The highest BCUT2D eigenvalue weighted by Gasteiger charge is 2.46. The van der Waals surface area contributed by atoms with Crippen molar-refractivity contribution in [1.29, 1.82) is 0 Å². The number of nitrogen functional groups attached to an aromatic ring is 1. The molecule has 0 aliphatic carbocycles. The van der Waals surface area contributed by atoms with E-state index in [1.807, 2.05) is 12.2 Å². The number of ether oxygens (including phenoxy) is 3. The summed E-state index contributed by atoms with van der Waals surface area (Å²) in [6.07, 6.45) is 22.7. The van der Waals surface area contributed by atoms with Gasteiger partial charge in [-0.25, -0.2) is 13.9 Å². The summed E-state index contributed by atoms with van der Waals surface area (Å²) >= 11 is 0. The number of carbonyl (C=O) groups excluding carboxylic acids is 2. The van der Waals surface area contributed by atoms with Gasteiger partial charge in [-0.3, -0.25) is 23.2 Å². The highest BCUT2D eigenvalue weighted by Crippen LogP contribution is 2.60. The second-order valence-corrected chi connectivity index (χ2v) is 19.4. The smallest absolute Gasteiger partial charge is 0.462 e. The monoisotopic (exact) mass is 975 g/mol. The van der Waals surface area contributed by atoms with Crippen LogP contribution in [0, 0.1) is 5.92 Å². The molecule has 1 aliphatic heterocycles. The molecule has 1 aromatic heterocycles. The lowest BCUT2D eigenvalue weighted by molar-refractivity contribution is -0.161. The number of unbranched alkanes of at least 4 members (excludes halogenated alkanes) is 8. The number of hydrogen-bond donors (Lipinski definition) is 6. The average Bonchev–Trinajstić information content (AvgIpc) is 3.54. The number of phosphoric acid groups is 2. The predicted molar refractivity (Wildman–Crippen MR) is 248 cm³/mol. The van der Waals surface area contributed by atoms with Crippen LogP contribution in [-0.2, 0) is 46.3 Å². The summed E-state index contributed by atoms with van der Waals surface area (Å²) in [6.45, 7) is 4.12. The van der Waals surface area contributed by atoms with Crippen LogP contribution in [0.4, 0.5) is 5.82 Å². The van der Waals surface area contributed by atoms with E-state index in [0.29, 0.717) is 12.3 Å². The van der Waals surface area contributed by atoms with Crippen LogP contribution in [0.5, 0.6) is 0 Å². The molecule has 9 atom stereocenters. The van der Waals surface area contributed by atoms with Gasteiger partial charge in [-0.15, -0.1) is 0 Å². The maximum absolute atomic E-state index is 12.8. The number of allylic oxidation sites excluding steroid dienone is 7. The number of rotatable bonds is 36. The predicted octanol–water partition coefficient (Wildman–Crippen LogP) is 7.43. The van der Waals surface area contributed by atoms with Crippen LogP contribution < -0.4 is 11.4 Å². The van der Waals surface area contributed by atoms with Crippen molar-refractivity contribution >= 4 is 33.4 Å². The Morgan fingerprint density at radius 3 is 2.23 bits per heavy atom. The summed E-state index contributed by atoms with van der Waals surface area (Å²) < 4.78 is 56.4. The quantitative estimate of drug-likeness (QED) is 0.0125. The molecule has 0 bridgehead atoms. The Hall–Kier alpha value is -3.32. The molecule has 0 amide bonds. The van der Waals surface area contributed by atoms with Crippen LogP contribution in [0.2, 0.25) is 0 Å². The number of nitrogens with two attached hydrogens (primary N) is 1. The van der Waals surface area contributed by atoms with Gasteiger partial charge in [-0.1, -0.05) is 127 Å². The van der Waals surface area contributed by atoms with E-state index in [1.54, 1.807) is 12.2 Å². The molecule has 1 saturated heterocycles. The van der Waals surface area contributed by atoms with Crippen LogP contribution in [-0.4, -0.2) is 96.9 Å². The Kier molecular flexibility index (Phi) is 29.6. The van der Waals surface area contributed by atoms with Crippen LogP contribution in [0.25, 0.3) is 0 Å². The molecular formula is C45H75N3O16P2. The lowest BCUT2D eigenvalue weighted by atomic mass is 10.00. The van der Waals surface area contributed by atoms with Crippen molar-refractivity contribution in [3.8, 4) is 0 Å². The minimum absolute atomic E-state index is 0.00650. The molecule has 1 aromatic rings. The van der Waals surface area contributed by atoms with Crippen LogP contribution >= 0.6 is 15.6 Å². The summed E-state index contributed by atoms with van der Waals surface area (Å²) in [4.78, 5) is 61.7. The maximum atomic E-state index is 12.8. The lowest BCUT2D eigenvalue weighted by Crippen LogP contribution is -2.36. The summed E-state index contributed by atoms with van der Waals surface area (Å²) in [5.41, 5.74) is 4.56. The first-order chi connectivity index (χ1) is 31.5. The van der Waals surface area contributed by atoms with Gasteiger partial charge in [0.15, 0.2) is 12.3 Å². The first-order valence-corrected chi connectivity index (χ1v) is 26.1. The second-order valence-electron chi connectivity index (χ2n) is 16.3. The van der Waals surface area contributed by atoms with Gasteiger partial charge in [0.2, 0.25) is 0 Å². The molecule has 21 heteroatoms. The molecule has 2 rings (SSSR count). The molecule has 7 N–H and O–H groups in total. The van der Waals surface area contributed by atoms with Gasteiger partial charge in [0, 0.05) is 19.0 Å². The highest BCUT2D eigenvalue weighted by molar-refractivity contribution is 7.61. The van der Waals surface area contributed by atoms with Gasteiger partial charge in [-0.2, -0.15) is 9.29 Å². The van der Waals surface area contributed by atoms with Crippen molar-refractivity contribution in [3.63, 3.8) is 0 Å². The summed E-state index contributed by atoms with van der Waals surface area (Å²) in [5, 5.41) is 31.2. The molecule has 3 unspecified atom stereocenters. The number of phosphoric ester groups is 2. The zero-order chi connectivity index (χ0) is 48.8. The zero-order valence-electron chi connectivity index (χ0n) is 38.8. The van der Waals surface area contributed by atoms with Gasteiger partial charge in [0.05, 0.1) is 19.3 Å². The molecule has 19 nitrogen and oxygen atoms in total. The van der Waals surface area contributed by atoms with Crippen molar-refractivity contribution in [2.75, 3.05) is 25.6 Å². The third-order valence-corrected chi connectivity index (χ3v) is 13.2. The van der Waals surface area contributed by atoms with E-state index < -0.39 is 89.8 Å². The fourth-order valence-electron chi connectivity index (χ4n) is 6.51. The molecule has 376 valence electrons.